The van der Waals surface area contributed by atoms with Gasteiger partial charge in [0.05, 0.1) is 6.10 Å². The molecule has 0 bridgehead atoms. The standard InChI is InChI=1S/C12H18O/c1-4-5-6-10-7-11(13)9-12(2,3)8-10/h7,11,13H,6,8-9H2,1-3H3. The lowest BCUT2D eigenvalue weighted by molar-refractivity contribution is 0.138. The van der Waals surface area contributed by atoms with Crippen molar-refractivity contribution in [2.75, 3.05) is 0 Å². The van der Waals surface area contributed by atoms with Crippen molar-refractivity contribution in [2.24, 2.45) is 5.41 Å². The van der Waals surface area contributed by atoms with E-state index in [1.54, 1.807) is 0 Å². The second-order valence-corrected chi connectivity index (χ2v) is 4.54. The van der Waals surface area contributed by atoms with Crippen molar-refractivity contribution in [3.05, 3.63) is 11.6 Å². The summed E-state index contributed by atoms with van der Waals surface area (Å²) in [4.78, 5) is 0. The predicted molar refractivity (Wildman–Crippen MR) is 55.2 cm³/mol. The summed E-state index contributed by atoms with van der Waals surface area (Å²) in [6, 6.07) is 0. The Kier molecular flexibility index (Phi) is 3.17. The molecule has 1 N–H and O–H groups in total. The van der Waals surface area contributed by atoms with E-state index in [-0.39, 0.29) is 11.5 Å². The second-order valence-electron chi connectivity index (χ2n) is 4.54. The summed E-state index contributed by atoms with van der Waals surface area (Å²) in [5.41, 5.74) is 1.52. The van der Waals surface area contributed by atoms with Gasteiger partial charge in [0.25, 0.3) is 0 Å². The molecular weight excluding hydrogens is 160 g/mol. The Morgan fingerprint density at radius 2 is 2.31 bits per heavy atom. The lowest BCUT2D eigenvalue weighted by Crippen LogP contribution is -2.24. The molecule has 1 aliphatic carbocycles. The van der Waals surface area contributed by atoms with Gasteiger partial charge in [0.2, 0.25) is 0 Å². The molecule has 1 aliphatic rings. The van der Waals surface area contributed by atoms with Crippen molar-refractivity contribution < 1.29 is 5.11 Å². The average molecular weight is 178 g/mol. The highest BCUT2D eigenvalue weighted by atomic mass is 16.3. The summed E-state index contributed by atoms with van der Waals surface area (Å²) < 4.78 is 0. The van der Waals surface area contributed by atoms with Gasteiger partial charge in [0.1, 0.15) is 0 Å². The summed E-state index contributed by atoms with van der Waals surface area (Å²) in [7, 11) is 0. The number of rotatable bonds is 1. The van der Waals surface area contributed by atoms with E-state index in [0.717, 1.165) is 19.3 Å². The van der Waals surface area contributed by atoms with Crippen molar-refractivity contribution in [2.45, 2.75) is 46.1 Å². The van der Waals surface area contributed by atoms with E-state index in [2.05, 4.69) is 25.7 Å². The number of hydrogen-bond acceptors (Lipinski definition) is 1. The zero-order valence-corrected chi connectivity index (χ0v) is 8.72. The third-order valence-electron chi connectivity index (χ3n) is 2.39. The van der Waals surface area contributed by atoms with Gasteiger partial charge in [-0.15, -0.1) is 5.92 Å². The topological polar surface area (TPSA) is 20.2 Å². The molecule has 1 rings (SSSR count). The lowest BCUT2D eigenvalue weighted by atomic mass is 9.75. The molecule has 0 saturated heterocycles. The molecule has 1 heteroatoms. The first-order valence-corrected chi connectivity index (χ1v) is 4.81. The summed E-state index contributed by atoms with van der Waals surface area (Å²) in [5, 5.41) is 9.59. The second kappa shape index (κ2) is 3.98. The number of aliphatic hydroxyl groups excluding tert-OH is 1. The van der Waals surface area contributed by atoms with E-state index in [9.17, 15) is 5.11 Å². The smallest absolute Gasteiger partial charge is 0.0729 e. The zero-order valence-electron chi connectivity index (χ0n) is 8.72. The molecule has 1 unspecified atom stereocenters. The maximum Gasteiger partial charge on any atom is 0.0729 e. The Morgan fingerprint density at radius 3 is 2.85 bits per heavy atom. The highest BCUT2D eigenvalue weighted by Crippen LogP contribution is 2.36. The fourth-order valence-corrected chi connectivity index (χ4v) is 1.97. The van der Waals surface area contributed by atoms with Crippen LogP contribution in [0.3, 0.4) is 0 Å². The maximum atomic E-state index is 9.59. The van der Waals surface area contributed by atoms with Crippen LogP contribution in [0, 0.1) is 17.3 Å². The molecule has 0 heterocycles. The van der Waals surface area contributed by atoms with Crippen molar-refractivity contribution in [1.82, 2.24) is 0 Å². The molecule has 0 spiro atoms. The van der Waals surface area contributed by atoms with Crippen LogP contribution in [-0.4, -0.2) is 11.2 Å². The Labute approximate surface area is 80.9 Å². The molecular formula is C12H18O. The first-order valence-electron chi connectivity index (χ1n) is 4.81. The average Bonchev–Trinajstić information content (AvgIpc) is 1.97. The molecule has 0 aromatic heterocycles. The van der Waals surface area contributed by atoms with Gasteiger partial charge < -0.3 is 5.11 Å². The quantitative estimate of drug-likeness (QED) is 0.483. The van der Waals surface area contributed by atoms with Gasteiger partial charge in [0, 0.05) is 6.42 Å². The van der Waals surface area contributed by atoms with Gasteiger partial charge in [-0.2, -0.15) is 0 Å². The summed E-state index contributed by atoms with van der Waals surface area (Å²) in [6.07, 6.45) is 4.46. The molecule has 0 radical (unpaired) electrons. The summed E-state index contributed by atoms with van der Waals surface area (Å²) >= 11 is 0. The SMILES string of the molecule is CC#CCC1=CC(O)CC(C)(C)C1. The molecule has 0 aromatic carbocycles. The van der Waals surface area contributed by atoms with Gasteiger partial charge >= 0.3 is 0 Å². The zero-order chi connectivity index (χ0) is 9.90. The van der Waals surface area contributed by atoms with Crippen LogP contribution in [0.2, 0.25) is 0 Å². The molecule has 72 valence electrons. The molecule has 0 aromatic rings. The molecule has 0 aliphatic heterocycles. The van der Waals surface area contributed by atoms with Gasteiger partial charge in [-0.3, -0.25) is 0 Å². The van der Waals surface area contributed by atoms with Crippen LogP contribution in [0.5, 0.6) is 0 Å². The molecule has 1 nitrogen and oxygen atoms in total. The molecule has 1 atom stereocenters. The third kappa shape index (κ3) is 3.24. The van der Waals surface area contributed by atoms with E-state index in [4.69, 9.17) is 0 Å². The molecule has 0 saturated carbocycles. The highest BCUT2D eigenvalue weighted by molar-refractivity contribution is 5.19. The van der Waals surface area contributed by atoms with Crippen molar-refractivity contribution in [3.8, 4) is 11.8 Å². The van der Waals surface area contributed by atoms with Crippen LogP contribution >= 0.6 is 0 Å². The first-order chi connectivity index (χ1) is 6.03. The third-order valence-corrected chi connectivity index (χ3v) is 2.39. The van der Waals surface area contributed by atoms with E-state index in [1.807, 2.05) is 13.0 Å². The van der Waals surface area contributed by atoms with Crippen molar-refractivity contribution in [1.29, 1.82) is 0 Å². The van der Waals surface area contributed by atoms with E-state index < -0.39 is 0 Å². The minimum atomic E-state index is -0.266. The van der Waals surface area contributed by atoms with Crippen LogP contribution in [0.25, 0.3) is 0 Å². The summed E-state index contributed by atoms with van der Waals surface area (Å²) in [6.45, 7) is 6.25. The van der Waals surface area contributed by atoms with Gasteiger partial charge in [-0.05, 0) is 25.2 Å². The Bertz CT molecular complexity index is 263. The normalized spacial score (nSPS) is 25.8. The fourth-order valence-electron chi connectivity index (χ4n) is 1.97. The molecule has 13 heavy (non-hydrogen) atoms. The number of allylic oxidation sites excluding steroid dienone is 1. The fraction of sp³-hybridized carbons (Fsp3) is 0.667. The van der Waals surface area contributed by atoms with Crippen LogP contribution in [0.15, 0.2) is 11.6 Å². The molecule has 0 fully saturated rings. The summed E-state index contributed by atoms with van der Waals surface area (Å²) in [5.74, 6) is 5.93. The first kappa shape index (κ1) is 10.3. The van der Waals surface area contributed by atoms with Crippen molar-refractivity contribution >= 4 is 0 Å². The van der Waals surface area contributed by atoms with E-state index in [1.165, 1.54) is 5.57 Å². The van der Waals surface area contributed by atoms with Gasteiger partial charge in [0.15, 0.2) is 0 Å². The van der Waals surface area contributed by atoms with Gasteiger partial charge in [-0.1, -0.05) is 31.4 Å². The minimum Gasteiger partial charge on any atom is -0.389 e. The van der Waals surface area contributed by atoms with Crippen LogP contribution in [0.4, 0.5) is 0 Å². The Hall–Kier alpha value is -0.740. The highest BCUT2D eigenvalue weighted by Gasteiger charge is 2.26. The largest absolute Gasteiger partial charge is 0.389 e. The van der Waals surface area contributed by atoms with Crippen LogP contribution < -0.4 is 0 Å². The monoisotopic (exact) mass is 178 g/mol. The van der Waals surface area contributed by atoms with Crippen LogP contribution in [0.1, 0.15) is 40.0 Å². The Balaban J connectivity index is 2.67. The maximum absolute atomic E-state index is 9.59. The van der Waals surface area contributed by atoms with E-state index >= 15 is 0 Å². The van der Waals surface area contributed by atoms with Gasteiger partial charge in [-0.25, -0.2) is 0 Å². The molecule has 0 amide bonds. The van der Waals surface area contributed by atoms with E-state index in [0.29, 0.717) is 0 Å². The predicted octanol–water partition coefficient (Wildman–Crippen LogP) is 2.51. The van der Waals surface area contributed by atoms with Crippen LogP contribution in [-0.2, 0) is 0 Å². The van der Waals surface area contributed by atoms with Crippen molar-refractivity contribution in [3.63, 3.8) is 0 Å². The number of hydrogen-bond donors (Lipinski definition) is 1. The minimum absolute atomic E-state index is 0.235. The number of aliphatic hydroxyl groups is 1. The Morgan fingerprint density at radius 1 is 1.62 bits per heavy atom. The lowest BCUT2D eigenvalue weighted by Gasteiger charge is -2.32.